The normalized spacial score (nSPS) is 11.4. The molecular formula is C18H21N3O. The first-order valence-corrected chi connectivity index (χ1v) is 7.54. The van der Waals surface area contributed by atoms with Gasteiger partial charge >= 0.3 is 0 Å². The number of nitrogens with zero attached hydrogens (tertiary/aromatic N) is 3. The van der Waals surface area contributed by atoms with Crippen LogP contribution in [0.15, 0.2) is 48.7 Å². The maximum absolute atomic E-state index is 9.98. The summed E-state index contributed by atoms with van der Waals surface area (Å²) >= 11 is 0. The average molecular weight is 295 g/mol. The van der Waals surface area contributed by atoms with Crippen LogP contribution in [0.5, 0.6) is 5.75 Å². The van der Waals surface area contributed by atoms with Gasteiger partial charge in [0.05, 0.1) is 5.52 Å². The highest BCUT2D eigenvalue weighted by Crippen LogP contribution is 2.30. The number of aromatic hydroxyl groups is 1. The van der Waals surface area contributed by atoms with Crippen LogP contribution in [0, 0.1) is 0 Å². The standard InChI is InChI=1S/C18H21N3O/c1-20(2)10-5-11-21-13-15-9-8-14(12-17(15)19-21)16-6-3-4-7-18(16)22/h3-4,6-9,12-13,22H,5,10-11H2,1-2H3. The molecule has 4 nitrogen and oxygen atoms in total. The molecule has 3 aromatic rings. The number of aryl methyl sites for hydroxylation is 1. The van der Waals surface area contributed by atoms with Crippen LogP contribution in [0.2, 0.25) is 0 Å². The van der Waals surface area contributed by atoms with Crippen molar-refractivity contribution in [2.75, 3.05) is 20.6 Å². The van der Waals surface area contributed by atoms with Crippen molar-refractivity contribution in [3.63, 3.8) is 0 Å². The summed E-state index contributed by atoms with van der Waals surface area (Å²) in [5.74, 6) is 0.298. The summed E-state index contributed by atoms with van der Waals surface area (Å²) in [6, 6.07) is 13.5. The van der Waals surface area contributed by atoms with Crippen LogP contribution in [0.3, 0.4) is 0 Å². The molecule has 0 saturated heterocycles. The number of phenols is 1. The van der Waals surface area contributed by atoms with E-state index in [-0.39, 0.29) is 0 Å². The Hall–Kier alpha value is -2.33. The molecular weight excluding hydrogens is 274 g/mol. The Balaban J connectivity index is 1.86. The summed E-state index contributed by atoms with van der Waals surface area (Å²) < 4.78 is 2.00. The van der Waals surface area contributed by atoms with Crippen molar-refractivity contribution in [2.45, 2.75) is 13.0 Å². The fourth-order valence-corrected chi connectivity index (χ4v) is 2.62. The molecule has 0 unspecified atom stereocenters. The summed E-state index contributed by atoms with van der Waals surface area (Å²) in [5, 5.41) is 15.7. The van der Waals surface area contributed by atoms with E-state index in [1.807, 2.05) is 35.0 Å². The van der Waals surface area contributed by atoms with Gasteiger partial charge in [-0.3, -0.25) is 4.68 Å². The molecule has 1 aromatic heterocycles. The number of hydrogen-bond donors (Lipinski definition) is 1. The van der Waals surface area contributed by atoms with Crippen molar-refractivity contribution in [3.8, 4) is 16.9 Å². The van der Waals surface area contributed by atoms with Gasteiger partial charge in [0.25, 0.3) is 0 Å². The third kappa shape index (κ3) is 3.12. The zero-order chi connectivity index (χ0) is 15.5. The Labute approximate surface area is 130 Å². The molecule has 0 aliphatic rings. The largest absolute Gasteiger partial charge is 0.507 e. The van der Waals surface area contributed by atoms with Gasteiger partial charge in [-0.25, -0.2) is 0 Å². The molecule has 22 heavy (non-hydrogen) atoms. The fraction of sp³-hybridized carbons (Fsp3) is 0.278. The molecule has 0 atom stereocenters. The predicted octanol–water partition coefficient (Wildman–Crippen LogP) is 3.36. The zero-order valence-corrected chi connectivity index (χ0v) is 13.0. The molecule has 114 valence electrons. The first kappa shape index (κ1) is 14.6. The quantitative estimate of drug-likeness (QED) is 0.784. The lowest BCUT2D eigenvalue weighted by atomic mass is 10.0. The molecule has 0 fully saturated rings. The van der Waals surface area contributed by atoms with Crippen LogP contribution in [0.25, 0.3) is 22.0 Å². The van der Waals surface area contributed by atoms with Gasteiger partial charge in [-0.2, -0.15) is 5.10 Å². The highest BCUT2D eigenvalue weighted by molar-refractivity contribution is 5.85. The number of hydrogen-bond acceptors (Lipinski definition) is 3. The minimum Gasteiger partial charge on any atom is -0.507 e. The highest BCUT2D eigenvalue weighted by Gasteiger charge is 2.06. The van der Waals surface area contributed by atoms with Crippen molar-refractivity contribution in [1.82, 2.24) is 14.7 Å². The lowest BCUT2D eigenvalue weighted by Crippen LogP contribution is -2.15. The Morgan fingerprint density at radius 2 is 1.95 bits per heavy atom. The predicted molar refractivity (Wildman–Crippen MR) is 90.0 cm³/mol. The van der Waals surface area contributed by atoms with Crippen molar-refractivity contribution < 1.29 is 5.11 Å². The monoisotopic (exact) mass is 295 g/mol. The number of benzene rings is 2. The van der Waals surface area contributed by atoms with E-state index in [1.54, 1.807) is 6.07 Å². The van der Waals surface area contributed by atoms with E-state index in [1.165, 1.54) is 0 Å². The summed E-state index contributed by atoms with van der Waals surface area (Å²) in [7, 11) is 4.16. The second kappa shape index (κ2) is 6.20. The van der Waals surface area contributed by atoms with Crippen LogP contribution in [-0.2, 0) is 6.54 Å². The first-order chi connectivity index (χ1) is 10.6. The summed E-state index contributed by atoms with van der Waals surface area (Å²) in [6.07, 6.45) is 3.16. The van der Waals surface area contributed by atoms with Crippen molar-refractivity contribution in [1.29, 1.82) is 0 Å². The number of fused-ring (bicyclic) bond motifs is 1. The lowest BCUT2D eigenvalue weighted by Gasteiger charge is -2.08. The molecule has 4 heteroatoms. The third-order valence-corrected chi connectivity index (χ3v) is 3.76. The van der Waals surface area contributed by atoms with E-state index in [0.717, 1.165) is 41.5 Å². The highest BCUT2D eigenvalue weighted by atomic mass is 16.3. The molecule has 0 radical (unpaired) electrons. The molecule has 1 N–H and O–H groups in total. The molecule has 0 bridgehead atoms. The van der Waals surface area contributed by atoms with Crippen LogP contribution in [0.4, 0.5) is 0 Å². The molecule has 3 rings (SSSR count). The van der Waals surface area contributed by atoms with Crippen LogP contribution >= 0.6 is 0 Å². The Morgan fingerprint density at radius 1 is 1.14 bits per heavy atom. The van der Waals surface area contributed by atoms with Gasteiger partial charge in [0.15, 0.2) is 0 Å². The number of aromatic nitrogens is 2. The van der Waals surface area contributed by atoms with Crippen LogP contribution < -0.4 is 0 Å². The van der Waals surface area contributed by atoms with Gasteiger partial charge in [-0.05, 0) is 44.8 Å². The van der Waals surface area contributed by atoms with Gasteiger partial charge in [0.1, 0.15) is 5.75 Å². The average Bonchev–Trinajstić information content (AvgIpc) is 2.89. The fourth-order valence-electron chi connectivity index (χ4n) is 2.62. The van der Waals surface area contributed by atoms with Crippen molar-refractivity contribution in [2.24, 2.45) is 0 Å². The minimum absolute atomic E-state index is 0.298. The van der Waals surface area contributed by atoms with E-state index in [2.05, 4.69) is 36.4 Å². The van der Waals surface area contributed by atoms with Gasteiger partial charge in [-0.1, -0.05) is 30.3 Å². The van der Waals surface area contributed by atoms with E-state index in [0.29, 0.717) is 5.75 Å². The smallest absolute Gasteiger partial charge is 0.123 e. The second-order valence-electron chi connectivity index (χ2n) is 5.84. The van der Waals surface area contributed by atoms with Gasteiger partial charge in [0.2, 0.25) is 0 Å². The van der Waals surface area contributed by atoms with E-state index < -0.39 is 0 Å². The van der Waals surface area contributed by atoms with Crippen molar-refractivity contribution >= 4 is 10.9 Å². The molecule has 0 aliphatic carbocycles. The summed E-state index contributed by atoms with van der Waals surface area (Å²) in [6.45, 7) is 1.97. The molecule has 0 saturated carbocycles. The first-order valence-electron chi connectivity index (χ1n) is 7.54. The minimum atomic E-state index is 0.298. The molecule has 0 spiro atoms. The molecule has 0 amide bonds. The zero-order valence-electron chi connectivity index (χ0n) is 13.0. The van der Waals surface area contributed by atoms with Gasteiger partial charge in [0, 0.05) is 23.7 Å². The Morgan fingerprint density at radius 3 is 2.73 bits per heavy atom. The maximum Gasteiger partial charge on any atom is 0.123 e. The van der Waals surface area contributed by atoms with Gasteiger partial charge < -0.3 is 10.0 Å². The summed E-state index contributed by atoms with van der Waals surface area (Å²) in [4.78, 5) is 2.18. The third-order valence-electron chi connectivity index (χ3n) is 3.76. The Kier molecular flexibility index (Phi) is 4.11. The van der Waals surface area contributed by atoms with E-state index in [4.69, 9.17) is 0 Å². The number of rotatable bonds is 5. The van der Waals surface area contributed by atoms with Crippen LogP contribution in [0.1, 0.15) is 6.42 Å². The van der Waals surface area contributed by atoms with E-state index >= 15 is 0 Å². The Bertz CT molecular complexity index is 777. The number of phenolic OH excluding ortho intramolecular Hbond substituents is 1. The number of para-hydroxylation sites is 1. The molecule has 0 aliphatic heterocycles. The van der Waals surface area contributed by atoms with Gasteiger partial charge in [-0.15, -0.1) is 0 Å². The second-order valence-corrected chi connectivity index (χ2v) is 5.84. The summed E-state index contributed by atoms with van der Waals surface area (Å²) in [5.41, 5.74) is 2.79. The molecule has 1 heterocycles. The maximum atomic E-state index is 9.98. The SMILES string of the molecule is CN(C)CCCn1cc2ccc(-c3ccccc3O)cc2n1. The topological polar surface area (TPSA) is 41.3 Å². The van der Waals surface area contributed by atoms with Crippen molar-refractivity contribution in [3.05, 3.63) is 48.7 Å². The molecule has 2 aromatic carbocycles. The van der Waals surface area contributed by atoms with E-state index in [9.17, 15) is 5.11 Å². The lowest BCUT2D eigenvalue weighted by molar-refractivity contribution is 0.381. The van der Waals surface area contributed by atoms with Crippen LogP contribution in [-0.4, -0.2) is 40.4 Å².